The van der Waals surface area contributed by atoms with Gasteiger partial charge in [0.1, 0.15) is 0 Å². The van der Waals surface area contributed by atoms with Crippen molar-refractivity contribution in [2.75, 3.05) is 0 Å². The standard InChI is InChI=1S/C11H22O/c1-4-5-6-7-8-9-11(12)10(2)3/h8-12H,4-7H2,1-3H3/b9-8+. The zero-order valence-electron chi connectivity index (χ0n) is 8.59. The van der Waals surface area contributed by atoms with Gasteiger partial charge in [-0.2, -0.15) is 0 Å². The SMILES string of the molecule is CCCCC/C=C/C(O)C(C)C. The molecule has 0 radical (unpaired) electrons. The van der Waals surface area contributed by atoms with Gasteiger partial charge in [0.15, 0.2) is 0 Å². The molecule has 0 heterocycles. The van der Waals surface area contributed by atoms with Gasteiger partial charge in [-0.3, -0.25) is 0 Å². The summed E-state index contributed by atoms with van der Waals surface area (Å²) in [6, 6.07) is 0. The van der Waals surface area contributed by atoms with Crippen LogP contribution in [0.2, 0.25) is 0 Å². The lowest BCUT2D eigenvalue weighted by molar-refractivity contribution is 0.172. The first-order chi connectivity index (χ1) is 5.68. The third-order valence-electron chi connectivity index (χ3n) is 1.99. The molecule has 1 N–H and O–H groups in total. The maximum Gasteiger partial charge on any atom is 0.0743 e. The minimum atomic E-state index is -0.258. The number of aliphatic hydroxyl groups is 1. The van der Waals surface area contributed by atoms with Gasteiger partial charge in [-0.25, -0.2) is 0 Å². The lowest BCUT2D eigenvalue weighted by atomic mass is 10.1. The predicted octanol–water partition coefficient (Wildman–Crippen LogP) is 3.14. The van der Waals surface area contributed by atoms with E-state index in [1.54, 1.807) is 0 Å². The van der Waals surface area contributed by atoms with E-state index in [2.05, 4.69) is 13.0 Å². The molecular formula is C11H22O. The van der Waals surface area contributed by atoms with Crippen LogP contribution in [0.25, 0.3) is 0 Å². The van der Waals surface area contributed by atoms with Crippen LogP contribution in [0.4, 0.5) is 0 Å². The fraction of sp³-hybridized carbons (Fsp3) is 0.818. The predicted molar refractivity (Wildman–Crippen MR) is 54.1 cm³/mol. The van der Waals surface area contributed by atoms with Crippen molar-refractivity contribution in [1.29, 1.82) is 0 Å². The highest BCUT2D eigenvalue weighted by atomic mass is 16.3. The van der Waals surface area contributed by atoms with E-state index in [0.717, 1.165) is 6.42 Å². The second-order valence-electron chi connectivity index (χ2n) is 3.66. The Morgan fingerprint density at radius 1 is 1.25 bits per heavy atom. The first-order valence-corrected chi connectivity index (χ1v) is 5.03. The van der Waals surface area contributed by atoms with E-state index in [1.165, 1.54) is 19.3 Å². The molecule has 0 amide bonds. The maximum atomic E-state index is 9.40. The number of aliphatic hydroxyl groups excluding tert-OH is 1. The summed E-state index contributed by atoms with van der Waals surface area (Å²) in [7, 11) is 0. The third kappa shape index (κ3) is 6.41. The van der Waals surface area contributed by atoms with Crippen molar-refractivity contribution in [3.05, 3.63) is 12.2 Å². The second-order valence-corrected chi connectivity index (χ2v) is 3.66. The number of hydrogen-bond donors (Lipinski definition) is 1. The number of rotatable bonds is 6. The smallest absolute Gasteiger partial charge is 0.0743 e. The molecule has 0 aromatic carbocycles. The van der Waals surface area contributed by atoms with E-state index >= 15 is 0 Å². The molecule has 0 bridgehead atoms. The Morgan fingerprint density at radius 2 is 1.92 bits per heavy atom. The van der Waals surface area contributed by atoms with Crippen molar-refractivity contribution in [2.24, 2.45) is 5.92 Å². The van der Waals surface area contributed by atoms with Crippen LogP contribution in [0, 0.1) is 5.92 Å². The van der Waals surface area contributed by atoms with Crippen LogP contribution in [0.5, 0.6) is 0 Å². The van der Waals surface area contributed by atoms with E-state index in [9.17, 15) is 5.11 Å². The van der Waals surface area contributed by atoms with Gasteiger partial charge in [-0.1, -0.05) is 45.8 Å². The van der Waals surface area contributed by atoms with E-state index in [4.69, 9.17) is 0 Å². The zero-order chi connectivity index (χ0) is 9.40. The van der Waals surface area contributed by atoms with Crippen LogP contribution in [0.1, 0.15) is 46.5 Å². The van der Waals surface area contributed by atoms with Crippen molar-refractivity contribution in [2.45, 2.75) is 52.6 Å². The molecule has 0 aromatic heterocycles. The maximum absolute atomic E-state index is 9.40. The molecular weight excluding hydrogens is 148 g/mol. The largest absolute Gasteiger partial charge is 0.389 e. The second kappa shape index (κ2) is 7.35. The van der Waals surface area contributed by atoms with Gasteiger partial charge in [-0.15, -0.1) is 0 Å². The van der Waals surface area contributed by atoms with Crippen LogP contribution in [0.3, 0.4) is 0 Å². The number of allylic oxidation sites excluding steroid dienone is 1. The molecule has 12 heavy (non-hydrogen) atoms. The molecule has 1 heteroatoms. The van der Waals surface area contributed by atoms with Gasteiger partial charge in [0.25, 0.3) is 0 Å². The molecule has 0 fully saturated rings. The van der Waals surface area contributed by atoms with Crippen LogP contribution in [-0.4, -0.2) is 11.2 Å². The highest BCUT2D eigenvalue weighted by Gasteiger charge is 2.02. The van der Waals surface area contributed by atoms with Crippen molar-refractivity contribution >= 4 is 0 Å². The minimum Gasteiger partial charge on any atom is -0.389 e. The van der Waals surface area contributed by atoms with Gasteiger partial charge in [0.05, 0.1) is 6.10 Å². The fourth-order valence-electron chi connectivity index (χ4n) is 0.970. The van der Waals surface area contributed by atoms with Crippen molar-refractivity contribution in [1.82, 2.24) is 0 Å². The van der Waals surface area contributed by atoms with Crippen LogP contribution in [-0.2, 0) is 0 Å². The molecule has 0 saturated carbocycles. The lowest BCUT2D eigenvalue weighted by Gasteiger charge is -2.08. The number of unbranched alkanes of at least 4 members (excludes halogenated alkanes) is 3. The van der Waals surface area contributed by atoms with E-state index in [1.807, 2.05) is 19.9 Å². The first kappa shape index (κ1) is 11.7. The molecule has 1 atom stereocenters. The Bertz CT molecular complexity index is 116. The summed E-state index contributed by atoms with van der Waals surface area (Å²) in [6.45, 7) is 6.26. The molecule has 72 valence electrons. The first-order valence-electron chi connectivity index (χ1n) is 5.03. The number of hydrogen-bond acceptors (Lipinski definition) is 1. The van der Waals surface area contributed by atoms with E-state index in [-0.39, 0.29) is 6.10 Å². The molecule has 1 unspecified atom stereocenters. The highest BCUT2D eigenvalue weighted by molar-refractivity contribution is 4.89. The topological polar surface area (TPSA) is 20.2 Å². The van der Waals surface area contributed by atoms with Gasteiger partial charge >= 0.3 is 0 Å². The summed E-state index contributed by atoms with van der Waals surface area (Å²) in [5.41, 5.74) is 0. The van der Waals surface area contributed by atoms with Crippen molar-refractivity contribution < 1.29 is 5.11 Å². The molecule has 1 nitrogen and oxygen atoms in total. The summed E-state index contributed by atoms with van der Waals surface area (Å²) in [5, 5.41) is 9.40. The van der Waals surface area contributed by atoms with E-state index in [0.29, 0.717) is 5.92 Å². The van der Waals surface area contributed by atoms with Crippen molar-refractivity contribution in [3.8, 4) is 0 Å². The summed E-state index contributed by atoms with van der Waals surface area (Å²) in [6.07, 6.45) is 8.67. The Morgan fingerprint density at radius 3 is 2.42 bits per heavy atom. The Labute approximate surface area is 76.5 Å². The molecule has 0 aliphatic heterocycles. The molecule has 0 aliphatic carbocycles. The quantitative estimate of drug-likeness (QED) is 0.479. The normalized spacial score (nSPS) is 14.4. The van der Waals surface area contributed by atoms with Gasteiger partial charge in [0, 0.05) is 0 Å². The van der Waals surface area contributed by atoms with Gasteiger partial charge in [0.2, 0.25) is 0 Å². The Kier molecular flexibility index (Phi) is 7.17. The average molecular weight is 170 g/mol. The highest BCUT2D eigenvalue weighted by Crippen LogP contribution is 2.05. The van der Waals surface area contributed by atoms with Gasteiger partial charge < -0.3 is 5.11 Å². The van der Waals surface area contributed by atoms with E-state index < -0.39 is 0 Å². The van der Waals surface area contributed by atoms with Crippen LogP contribution in [0.15, 0.2) is 12.2 Å². The molecule has 0 rings (SSSR count). The molecule has 0 aliphatic rings. The zero-order valence-corrected chi connectivity index (χ0v) is 8.59. The third-order valence-corrected chi connectivity index (χ3v) is 1.99. The molecule has 0 aromatic rings. The fourth-order valence-corrected chi connectivity index (χ4v) is 0.970. The monoisotopic (exact) mass is 170 g/mol. The average Bonchev–Trinajstić information content (AvgIpc) is 2.03. The van der Waals surface area contributed by atoms with Gasteiger partial charge in [-0.05, 0) is 18.8 Å². The minimum absolute atomic E-state index is 0.258. The van der Waals surface area contributed by atoms with Crippen LogP contribution >= 0.6 is 0 Å². The summed E-state index contributed by atoms with van der Waals surface area (Å²) in [5.74, 6) is 0.340. The summed E-state index contributed by atoms with van der Waals surface area (Å²) in [4.78, 5) is 0. The van der Waals surface area contributed by atoms with Crippen LogP contribution < -0.4 is 0 Å². The summed E-state index contributed by atoms with van der Waals surface area (Å²) >= 11 is 0. The molecule has 0 spiro atoms. The Balaban J connectivity index is 3.35. The Hall–Kier alpha value is -0.300. The summed E-state index contributed by atoms with van der Waals surface area (Å²) < 4.78 is 0. The lowest BCUT2D eigenvalue weighted by Crippen LogP contribution is -2.10. The van der Waals surface area contributed by atoms with Crippen molar-refractivity contribution in [3.63, 3.8) is 0 Å². The molecule has 0 saturated heterocycles.